The van der Waals surface area contributed by atoms with E-state index in [0.717, 1.165) is 16.2 Å². The molecule has 0 bridgehead atoms. The van der Waals surface area contributed by atoms with E-state index in [1.807, 2.05) is 91.0 Å². The van der Waals surface area contributed by atoms with Crippen molar-refractivity contribution in [1.82, 2.24) is 4.90 Å². The summed E-state index contributed by atoms with van der Waals surface area (Å²) in [6.07, 6.45) is 0. The van der Waals surface area contributed by atoms with Crippen molar-refractivity contribution in [3.05, 3.63) is 96.6 Å². The number of rotatable bonds is 5. The monoisotopic (exact) mass is 363 g/mol. The molecule has 3 nitrogen and oxygen atoms in total. The average molecular weight is 363 g/mol. The Morgan fingerprint density at radius 3 is 1.54 bits per heavy atom. The summed E-state index contributed by atoms with van der Waals surface area (Å²) in [5, 5.41) is 1.49. The number of nitrogens with zero attached hydrogens (tertiary/aromatic N) is 1. The molecule has 0 aromatic heterocycles. The van der Waals surface area contributed by atoms with E-state index in [1.165, 1.54) is 6.92 Å². The highest BCUT2D eigenvalue weighted by molar-refractivity contribution is 7.79. The average Bonchev–Trinajstić information content (AvgIpc) is 2.70. The third-order valence-electron chi connectivity index (χ3n) is 4.59. The van der Waals surface area contributed by atoms with Crippen LogP contribution in [0.4, 0.5) is 0 Å². The molecule has 0 radical (unpaired) electrons. The molecule has 26 heavy (non-hydrogen) atoms. The Bertz CT molecular complexity index is 867. The van der Waals surface area contributed by atoms with Gasteiger partial charge in [-0.3, -0.25) is 4.79 Å². The minimum absolute atomic E-state index is 0.119. The highest BCUT2D eigenvalue weighted by Gasteiger charge is 2.41. The van der Waals surface area contributed by atoms with Crippen molar-refractivity contribution in [1.29, 1.82) is 0 Å². The molecule has 1 unspecified atom stereocenters. The quantitative estimate of drug-likeness (QED) is 0.638. The van der Waals surface area contributed by atoms with Gasteiger partial charge in [0.15, 0.2) is 7.14 Å². The van der Waals surface area contributed by atoms with Crippen molar-refractivity contribution < 1.29 is 9.36 Å². The van der Waals surface area contributed by atoms with E-state index in [0.29, 0.717) is 0 Å². The molecule has 0 fully saturated rings. The van der Waals surface area contributed by atoms with Gasteiger partial charge >= 0.3 is 0 Å². The van der Waals surface area contributed by atoms with Gasteiger partial charge in [-0.15, -0.1) is 0 Å². The maximum atomic E-state index is 14.7. The van der Waals surface area contributed by atoms with Crippen LogP contribution >= 0.6 is 7.14 Å². The molecule has 3 aromatic rings. The minimum Gasteiger partial charge on any atom is -0.331 e. The van der Waals surface area contributed by atoms with Gasteiger partial charge in [-0.05, 0) is 5.56 Å². The van der Waals surface area contributed by atoms with Crippen LogP contribution in [0.15, 0.2) is 91.0 Å². The lowest BCUT2D eigenvalue weighted by atomic mass is 10.2. The number of benzene rings is 3. The molecule has 0 N–H and O–H groups in total. The molecule has 3 aromatic carbocycles. The highest BCUT2D eigenvalue weighted by atomic mass is 31.2. The number of amides is 1. The maximum absolute atomic E-state index is 14.7. The van der Waals surface area contributed by atoms with Crippen molar-refractivity contribution in [2.24, 2.45) is 0 Å². The lowest BCUT2D eigenvalue weighted by Crippen LogP contribution is -2.34. The Balaban J connectivity index is 2.30. The van der Waals surface area contributed by atoms with Crippen LogP contribution in [0, 0.1) is 0 Å². The van der Waals surface area contributed by atoms with Crippen molar-refractivity contribution in [2.45, 2.75) is 12.7 Å². The molecule has 4 heteroatoms. The standard InChI is InChI=1S/C22H22NO2P/c1-18(24)23(2)22(19-12-6-3-7-13-19)26(25,20-14-8-4-9-15-20)21-16-10-5-11-17-21/h3-17,22H,1-2H3. The zero-order valence-electron chi connectivity index (χ0n) is 14.9. The van der Waals surface area contributed by atoms with E-state index in [-0.39, 0.29) is 5.91 Å². The molecular formula is C22H22NO2P. The van der Waals surface area contributed by atoms with Crippen LogP contribution in [0.5, 0.6) is 0 Å². The summed E-state index contributed by atoms with van der Waals surface area (Å²) in [5.74, 6) is -0.683. The minimum atomic E-state index is -3.16. The fourth-order valence-electron chi connectivity index (χ4n) is 3.21. The Labute approximate surface area is 154 Å². The Kier molecular flexibility index (Phi) is 5.39. The molecule has 0 aliphatic carbocycles. The van der Waals surface area contributed by atoms with E-state index in [4.69, 9.17) is 0 Å². The van der Waals surface area contributed by atoms with Crippen molar-refractivity contribution >= 4 is 23.7 Å². The van der Waals surface area contributed by atoms with Crippen molar-refractivity contribution in [3.63, 3.8) is 0 Å². The van der Waals surface area contributed by atoms with E-state index < -0.39 is 12.9 Å². The Morgan fingerprint density at radius 2 is 1.15 bits per heavy atom. The number of carbonyl (C=O) groups is 1. The highest BCUT2D eigenvalue weighted by Crippen LogP contribution is 2.58. The SMILES string of the molecule is CC(=O)N(C)C(c1ccccc1)P(=O)(c1ccccc1)c1ccccc1. The Hall–Kier alpha value is -2.64. The summed E-state index contributed by atoms with van der Waals surface area (Å²) in [4.78, 5) is 13.9. The van der Waals surface area contributed by atoms with Crippen LogP contribution in [-0.4, -0.2) is 17.9 Å². The molecule has 0 saturated carbocycles. The molecule has 1 amide bonds. The molecule has 132 valence electrons. The summed E-state index contributed by atoms with van der Waals surface area (Å²) in [7, 11) is -1.44. The molecule has 0 spiro atoms. The zero-order chi connectivity index (χ0) is 18.6. The molecule has 0 aliphatic heterocycles. The van der Waals surface area contributed by atoms with Gasteiger partial charge < -0.3 is 9.46 Å². The first-order valence-electron chi connectivity index (χ1n) is 8.54. The predicted molar refractivity (Wildman–Crippen MR) is 107 cm³/mol. The van der Waals surface area contributed by atoms with Gasteiger partial charge in [0.05, 0.1) is 0 Å². The van der Waals surface area contributed by atoms with Crippen LogP contribution in [-0.2, 0) is 9.36 Å². The van der Waals surface area contributed by atoms with Crippen LogP contribution in [0.2, 0.25) is 0 Å². The van der Waals surface area contributed by atoms with Crippen LogP contribution < -0.4 is 10.6 Å². The second-order valence-electron chi connectivity index (χ2n) is 6.24. The number of hydrogen-bond donors (Lipinski definition) is 0. The second-order valence-corrected chi connectivity index (χ2v) is 9.08. The lowest BCUT2D eigenvalue weighted by Gasteiger charge is -2.35. The molecule has 0 saturated heterocycles. The normalized spacial score (nSPS) is 12.4. The predicted octanol–water partition coefficient (Wildman–Crippen LogP) is 4.18. The first-order valence-corrected chi connectivity index (χ1v) is 10.3. The first kappa shape index (κ1) is 18.2. The summed E-state index contributed by atoms with van der Waals surface area (Å²) in [5.41, 5.74) is 0.862. The summed E-state index contributed by atoms with van der Waals surface area (Å²) in [6.45, 7) is 1.51. The molecule has 3 rings (SSSR count). The van der Waals surface area contributed by atoms with Crippen LogP contribution in [0.25, 0.3) is 0 Å². The largest absolute Gasteiger partial charge is 0.331 e. The van der Waals surface area contributed by atoms with Crippen LogP contribution in [0.1, 0.15) is 18.3 Å². The smallest absolute Gasteiger partial charge is 0.220 e. The van der Waals surface area contributed by atoms with Gasteiger partial charge in [-0.25, -0.2) is 0 Å². The third kappa shape index (κ3) is 3.36. The molecule has 0 aliphatic rings. The van der Waals surface area contributed by atoms with Gasteiger partial charge in [-0.2, -0.15) is 0 Å². The van der Waals surface area contributed by atoms with Gasteiger partial charge in [0.1, 0.15) is 5.78 Å². The zero-order valence-corrected chi connectivity index (χ0v) is 15.8. The van der Waals surface area contributed by atoms with Gasteiger partial charge in [0.2, 0.25) is 5.91 Å². The van der Waals surface area contributed by atoms with Crippen molar-refractivity contribution in [3.8, 4) is 0 Å². The van der Waals surface area contributed by atoms with Gasteiger partial charge in [0.25, 0.3) is 0 Å². The van der Waals surface area contributed by atoms with E-state index >= 15 is 0 Å². The molecule has 1 atom stereocenters. The van der Waals surface area contributed by atoms with Gasteiger partial charge in [-0.1, -0.05) is 91.0 Å². The Morgan fingerprint density at radius 1 is 0.769 bits per heavy atom. The summed E-state index contributed by atoms with van der Waals surface area (Å²) < 4.78 is 14.7. The second kappa shape index (κ2) is 7.72. The van der Waals surface area contributed by atoms with E-state index in [9.17, 15) is 9.36 Å². The lowest BCUT2D eigenvalue weighted by molar-refractivity contribution is -0.128. The molecular weight excluding hydrogens is 341 g/mol. The molecule has 0 heterocycles. The summed E-state index contributed by atoms with van der Waals surface area (Å²) >= 11 is 0. The maximum Gasteiger partial charge on any atom is 0.220 e. The van der Waals surface area contributed by atoms with Crippen LogP contribution in [0.3, 0.4) is 0 Å². The number of hydrogen-bond acceptors (Lipinski definition) is 2. The third-order valence-corrected chi connectivity index (χ3v) is 8.05. The van der Waals surface area contributed by atoms with Crippen molar-refractivity contribution in [2.75, 3.05) is 7.05 Å². The van der Waals surface area contributed by atoms with Gasteiger partial charge in [0, 0.05) is 24.6 Å². The topological polar surface area (TPSA) is 37.4 Å². The fourth-order valence-corrected chi connectivity index (χ4v) is 6.54. The van der Waals surface area contributed by atoms with E-state index in [1.54, 1.807) is 11.9 Å². The number of carbonyl (C=O) groups excluding carboxylic acids is 1. The fraction of sp³-hybridized carbons (Fsp3) is 0.136. The van der Waals surface area contributed by atoms with E-state index in [2.05, 4.69) is 0 Å². The summed E-state index contributed by atoms with van der Waals surface area (Å²) in [6, 6.07) is 28.5. The first-order chi connectivity index (χ1) is 12.5.